The van der Waals surface area contributed by atoms with Crippen LogP contribution in [0.4, 0.5) is 0 Å². The number of carbonyl (C=O) groups excluding carboxylic acids is 1. The van der Waals surface area contributed by atoms with Gasteiger partial charge in [0.25, 0.3) is 0 Å². The summed E-state index contributed by atoms with van der Waals surface area (Å²) in [5, 5.41) is 0. The molecule has 2 aliphatic rings. The van der Waals surface area contributed by atoms with Crippen molar-refractivity contribution in [1.29, 1.82) is 0 Å². The van der Waals surface area contributed by atoms with Crippen LogP contribution in [0.25, 0.3) is 0 Å². The molecule has 1 aliphatic carbocycles. The topological polar surface area (TPSA) is 63.7 Å². The van der Waals surface area contributed by atoms with Crippen molar-refractivity contribution in [3.05, 3.63) is 29.8 Å². The molecule has 0 amide bonds. The molecule has 5 nitrogen and oxygen atoms in total. The number of benzene rings is 1. The summed E-state index contributed by atoms with van der Waals surface area (Å²) < 4.78 is 32.5. The number of ketones is 1. The highest BCUT2D eigenvalue weighted by atomic mass is 32.2. The van der Waals surface area contributed by atoms with E-state index in [1.807, 2.05) is 13.8 Å². The summed E-state index contributed by atoms with van der Waals surface area (Å²) in [5.41, 5.74) is 0.601. The van der Waals surface area contributed by atoms with E-state index in [4.69, 9.17) is 4.74 Å². The van der Waals surface area contributed by atoms with Gasteiger partial charge >= 0.3 is 0 Å². The maximum absolute atomic E-state index is 12.8. The number of Topliss-reactive ketones (excluding diaryl/α,β-unsaturated/α-hetero) is 1. The van der Waals surface area contributed by atoms with Crippen molar-refractivity contribution in [2.45, 2.75) is 43.7 Å². The molecule has 6 heteroatoms. The summed E-state index contributed by atoms with van der Waals surface area (Å²) in [7, 11) is -3.57. The first kappa shape index (κ1) is 15.6. The highest BCUT2D eigenvalue weighted by molar-refractivity contribution is 7.89. The van der Waals surface area contributed by atoms with Crippen LogP contribution in [0, 0.1) is 5.92 Å². The second-order valence-electron chi connectivity index (χ2n) is 6.23. The molecule has 0 N–H and O–H groups in total. The number of rotatable bonds is 4. The summed E-state index contributed by atoms with van der Waals surface area (Å²) in [6.45, 7) is 4.50. The Bertz CT molecular complexity index is 654. The minimum Gasteiger partial charge on any atom is -0.378 e. The molecule has 1 saturated heterocycles. The number of hydrogen-bond acceptors (Lipinski definition) is 4. The number of sulfonamides is 1. The average Bonchev–Trinajstić information content (AvgIpc) is 3.31. The van der Waals surface area contributed by atoms with Crippen molar-refractivity contribution in [2.75, 3.05) is 13.2 Å². The van der Waals surface area contributed by atoms with Crippen molar-refractivity contribution >= 4 is 15.8 Å². The van der Waals surface area contributed by atoms with Gasteiger partial charge in [-0.3, -0.25) is 4.79 Å². The van der Waals surface area contributed by atoms with Gasteiger partial charge < -0.3 is 4.74 Å². The van der Waals surface area contributed by atoms with Gasteiger partial charge in [-0.05, 0) is 38.8 Å². The lowest BCUT2D eigenvalue weighted by atomic mass is 10.1. The Balaban J connectivity index is 1.86. The first-order chi connectivity index (χ1) is 10.4. The fraction of sp³-hybridized carbons (Fsp3) is 0.562. The van der Waals surface area contributed by atoms with E-state index in [2.05, 4.69) is 0 Å². The van der Waals surface area contributed by atoms with Crippen LogP contribution in [0.3, 0.4) is 0 Å². The molecule has 1 aliphatic heterocycles. The number of nitrogens with zero attached hydrogens (tertiary/aromatic N) is 1. The lowest BCUT2D eigenvalue weighted by Crippen LogP contribution is -2.52. The number of hydrogen-bond donors (Lipinski definition) is 0. The van der Waals surface area contributed by atoms with Crippen molar-refractivity contribution in [3.63, 3.8) is 0 Å². The third kappa shape index (κ3) is 2.83. The molecule has 1 saturated carbocycles. The molecule has 0 radical (unpaired) electrons. The largest absolute Gasteiger partial charge is 0.378 e. The van der Waals surface area contributed by atoms with Crippen molar-refractivity contribution in [3.8, 4) is 0 Å². The molecule has 1 aromatic rings. The summed E-state index contributed by atoms with van der Waals surface area (Å²) >= 11 is 0. The molecule has 120 valence electrons. The molecule has 1 heterocycles. The maximum atomic E-state index is 12.8. The van der Waals surface area contributed by atoms with Gasteiger partial charge in [-0.15, -0.1) is 0 Å². The van der Waals surface area contributed by atoms with Gasteiger partial charge in [-0.2, -0.15) is 4.31 Å². The van der Waals surface area contributed by atoms with Crippen molar-refractivity contribution < 1.29 is 17.9 Å². The van der Waals surface area contributed by atoms with E-state index in [1.165, 1.54) is 4.31 Å². The van der Waals surface area contributed by atoms with E-state index in [1.54, 1.807) is 24.3 Å². The number of ether oxygens (including phenoxy) is 1. The van der Waals surface area contributed by atoms with Crippen LogP contribution in [0.1, 0.15) is 37.0 Å². The molecule has 2 atom stereocenters. The monoisotopic (exact) mass is 323 g/mol. The molecular weight excluding hydrogens is 302 g/mol. The molecule has 0 spiro atoms. The highest BCUT2D eigenvalue weighted by Crippen LogP contribution is 2.33. The first-order valence-corrected chi connectivity index (χ1v) is 9.11. The zero-order valence-electron chi connectivity index (χ0n) is 12.9. The van der Waals surface area contributed by atoms with Crippen LogP contribution < -0.4 is 0 Å². The predicted molar refractivity (Wildman–Crippen MR) is 82.3 cm³/mol. The molecule has 3 rings (SSSR count). The Morgan fingerprint density at radius 1 is 1.09 bits per heavy atom. The minimum atomic E-state index is -3.57. The Morgan fingerprint density at radius 3 is 2.14 bits per heavy atom. The molecule has 22 heavy (non-hydrogen) atoms. The molecule has 1 aromatic carbocycles. The molecule has 2 fully saturated rings. The van der Waals surface area contributed by atoms with Gasteiger partial charge in [0.1, 0.15) is 0 Å². The first-order valence-electron chi connectivity index (χ1n) is 7.67. The molecule has 0 aromatic heterocycles. The van der Waals surface area contributed by atoms with E-state index >= 15 is 0 Å². The average molecular weight is 323 g/mol. The van der Waals surface area contributed by atoms with Crippen LogP contribution in [-0.2, 0) is 14.8 Å². The van der Waals surface area contributed by atoms with Gasteiger partial charge in [-0.1, -0.05) is 12.1 Å². The zero-order valence-corrected chi connectivity index (χ0v) is 13.7. The summed E-state index contributed by atoms with van der Waals surface area (Å²) in [5.74, 6) is 0.263. The molecule has 2 unspecified atom stereocenters. The Kier molecular flexibility index (Phi) is 4.09. The van der Waals surface area contributed by atoms with Gasteiger partial charge in [0, 0.05) is 23.6 Å². The Morgan fingerprint density at radius 2 is 1.64 bits per heavy atom. The smallest absolute Gasteiger partial charge is 0.243 e. The summed E-state index contributed by atoms with van der Waals surface area (Å²) in [4.78, 5) is 12.2. The summed E-state index contributed by atoms with van der Waals surface area (Å²) in [6.07, 6.45) is 1.89. The SMILES string of the molecule is CC1COCC(C)N1S(=O)(=O)c1ccc(C(=O)C2CC2)cc1. The molecule has 0 bridgehead atoms. The Labute approximate surface area is 131 Å². The van der Waals surface area contributed by atoms with Crippen LogP contribution in [0.2, 0.25) is 0 Å². The Hall–Kier alpha value is -1.24. The van der Waals surface area contributed by atoms with Crippen molar-refractivity contribution in [1.82, 2.24) is 4.31 Å². The quantitative estimate of drug-likeness (QED) is 0.796. The van der Waals surface area contributed by atoms with Gasteiger partial charge in [-0.25, -0.2) is 8.42 Å². The third-order valence-corrected chi connectivity index (χ3v) is 6.39. The van der Waals surface area contributed by atoms with Crippen LogP contribution in [0.5, 0.6) is 0 Å². The second-order valence-corrected chi connectivity index (χ2v) is 8.08. The van der Waals surface area contributed by atoms with E-state index < -0.39 is 10.0 Å². The highest BCUT2D eigenvalue weighted by Gasteiger charge is 2.36. The van der Waals surface area contributed by atoms with E-state index in [-0.39, 0.29) is 28.7 Å². The summed E-state index contributed by atoms with van der Waals surface area (Å²) in [6, 6.07) is 5.95. The van der Waals surface area contributed by atoms with Gasteiger partial charge in [0.15, 0.2) is 5.78 Å². The minimum absolute atomic E-state index is 0.122. The number of morpholine rings is 1. The normalized spacial score (nSPS) is 26.8. The van der Waals surface area contributed by atoms with Gasteiger partial charge in [0.2, 0.25) is 10.0 Å². The van der Waals surface area contributed by atoms with E-state index in [0.29, 0.717) is 18.8 Å². The molecular formula is C16H21NO4S. The standard InChI is InChI=1S/C16H21NO4S/c1-11-9-21-10-12(2)17(11)22(19,20)15-7-5-14(6-8-15)16(18)13-3-4-13/h5-8,11-13H,3-4,9-10H2,1-2H3. The fourth-order valence-electron chi connectivity index (χ4n) is 2.96. The zero-order chi connectivity index (χ0) is 15.9. The lowest BCUT2D eigenvalue weighted by molar-refractivity contribution is 0.00636. The third-order valence-electron chi connectivity index (χ3n) is 4.25. The predicted octanol–water partition coefficient (Wildman–Crippen LogP) is 2.08. The fourth-order valence-corrected chi connectivity index (χ4v) is 4.75. The van der Waals surface area contributed by atoms with Gasteiger partial charge in [0.05, 0.1) is 18.1 Å². The maximum Gasteiger partial charge on any atom is 0.243 e. The second kappa shape index (κ2) is 5.76. The van der Waals surface area contributed by atoms with E-state index in [0.717, 1.165) is 12.8 Å². The van der Waals surface area contributed by atoms with Crippen LogP contribution in [0.15, 0.2) is 29.2 Å². The number of carbonyl (C=O) groups is 1. The lowest BCUT2D eigenvalue weighted by Gasteiger charge is -2.37. The van der Waals surface area contributed by atoms with Crippen LogP contribution >= 0.6 is 0 Å². The van der Waals surface area contributed by atoms with E-state index in [9.17, 15) is 13.2 Å². The van der Waals surface area contributed by atoms with Crippen molar-refractivity contribution in [2.24, 2.45) is 5.92 Å². The van der Waals surface area contributed by atoms with Crippen LogP contribution in [-0.4, -0.2) is 43.8 Å².